The first-order valence-electron chi connectivity index (χ1n) is 5.73. The number of nitrogens with zero attached hydrogens (tertiary/aromatic N) is 2. The van der Waals surface area contributed by atoms with Gasteiger partial charge in [0.25, 0.3) is 0 Å². The number of rotatable bonds is 4. The van der Waals surface area contributed by atoms with Gasteiger partial charge in [-0.1, -0.05) is 13.8 Å². The Balaban J connectivity index is 2.52. The Bertz CT molecular complexity index is 201. The molecule has 0 saturated carbocycles. The molecule has 1 fully saturated rings. The smallest absolute Gasteiger partial charge is 0.224 e. The highest BCUT2D eigenvalue weighted by molar-refractivity contribution is 4.79. The molecule has 1 heterocycles. The Morgan fingerprint density at radius 2 is 1.00 bits per heavy atom. The van der Waals surface area contributed by atoms with E-state index in [4.69, 9.17) is 0 Å². The van der Waals surface area contributed by atoms with Gasteiger partial charge >= 0.3 is 0 Å². The average Bonchev–Trinajstić information content (AvgIpc) is 2.29. The predicted molar refractivity (Wildman–Crippen MR) is 58.1 cm³/mol. The molecule has 1 aliphatic heterocycles. The summed E-state index contributed by atoms with van der Waals surface area (Å²) in [6.07, 6.45) is 0.453. The van der Waals surface area contributed by atoms with Crippen molar-refractivity contribution in [1.82, 2.24) is 9.80 Å². The van der Waals surface area contributed by atoms with Crippen LogP contribution in [0.15, 0.2) is 0 Å². The van der Waals surface area contributed by atoms with Gasteiger partial charge in [-0.2, -0.15) is 0 Å². The first-order valence-corrected chi connectivity index (χ1v) is 5.73. The third-order valence-corrected chi connectivity index (χ3v) is 3.24. The summed E-state index contributed by atoms with van der Waals surface area (Å²) in [5, 5.41) is 38.5. The molecule has 1 rings (SSSR count). The fourth-order valence-corrected chi connectivity index (χ4v) is 1.87. The SMILES string of the molecule is CCC(O)(O)N1CCN(C(O)(O)CC)CC1. The highest BCUT2D eigenvalue weighted by Crippen LogP contribution is 2.20. The summed E-state index contributed by atoms with van der Waals surface area (Å²) in [4.78, 5) is 3.07. The second-order valence-electron chi connectivity index (χ2n) is 4.23. The van der Waals surface area contributed by atoms with Gasteiger partial charge in [-0.25, -0.2) is 0 Å². The monoisotopic (exact) mass is 234 g/mol. The lowest BCUT2D eigenvalue weighted by atomic mass is 10.2. The van der Waals surface area contributed by atoms with E-state index in [0.717, 1.165) is 0 Å². The summed E-state index contributed by atoms with van der Waals surface area (Å²) in [6.45, 7) is 5.02. The van der Waals surface area contributed by atoms with E-state index < -0.39 is 11.8 Å². The highest BCUT2D eigenvalue weighted by atomic mass is 16.5. The van der Waals surface area contributed by atoms with Crippen molar-refractivity contribution in [2.24, 2.45) is 0 Å². The molecule has 1 aliphatic rings. The van der Waals surface area contributed by atoms with E-state index in [2.05, 4.69) is 0 Å². The third-order valence-electron chi connectivity index (χ3n) is 3.24. The molecule has 6 nitrogen and oxygen atoms in total. The van der Waals surface area contributed by atoms with Crippen LogP contribution in [-0.4, -0.2) is 68.2 Å². The van der Waals surface area contributed by atoms with Gasteiger partial charge in [0, 0.05) is 39.0 Å². The van der Waals surface area contributed by atoms with Crippen LogP contribution in [0, 0.1) is 0 Å². The molecular weight excluding hydrogens is 212 g/mol. The summed E-state index contributed by atoms with van der Waals surface area (Å²) in [5.74, 6) is -3.57. The molecule has 0 aromatic rings. The van der Waals surface area contributed by atoms with Gasteiger partial charge in [0.1, 0.15) is 0 Å². The van der Waals surface area contributed by atoms with Crippen molar-refractivity contribution in [2.45, 2.75) is 38.5 Å². The van der Waals surface area contributed by atoms with Crippen molar-refractivity contribution in [2.75, 3.05) is 26.2 Å². The summed E-state index contributed by atoms with van der Waals surface area (Å²) in [6, 6.07) is 0. The van der Waals surface area contributed by atoms with Gasteiger partial charge in [-0.15, -0.1) is 0 Å². The maximum Gasteiger partial charge on any atom is 0.224 e. The minimum atomic E-state index is -1.79. The zero-order chi connectivity index (χ0) is 12.4. The van der Waals surface area contributed by atoms with Crippen LogP contribution in [0.25, 0.3) is 0 Å². The molecule has 0 aromatic carbocycles. The van der Waals surface area contributed by atoms with Crippen LogP contribution in [-0.2, 0) is 0 Å². The Labute approximate surface area is 95.7 Å². The molecule has 0 spiro atoms. The quantitative estimate of drug-likeness (QED) is 0.452. The second kappa shape index (κ2) is 4.95. The van der Waals surface area contributed by atoms with E-state index in [1.165, 1.54) is 9.80 Å². The van der Waals surface area contributed by atoms with E-state index in [9.17, 15) is 20.4 Å². The summed E-state index contributed by atoms with van der Waals surface area (Å²) >= 11 is 0. The van der Waals surface area contributed by atoms with Crippen LogP contribution >= 0.6 is 0 Å². The molecule has 16 heavy (non-hydrogen) atoms. The average molecular weight is 234 g/mol. The lowest BCUT2D eigenvalue weighted by molar-refractivity contribution is -0.303. The molecule has 96 valence electrons. The molecule has 6 heteroatoms. The van der Waals surface area contributed by atoms with E-state index in [0.29, 0.717) is 26.2 Å². The zero-order valence-corrected chi connectivity index (χ0v) is 9.93. The lowest BCUT2D eigenvalue weighted by Crippen LogP contribution is -2.61. The van der Waals surface area contributed by atoms with Gasteiger partial charge in [-0.05, 0) is 0 Å². The summed E-state index contributed by atoms with van der Waals surface area (Å²) < 4.78 is 0. The fraction of sp³-hybridized carbons (Fsp3) is 1.00. The number of aliphatic hydroxyl groups is 4. The van der Waals surface area contributed by atoms with E-state index >= 15 is 0 Å². The largest absolute Gasteiger partial charge is 0.353 e. The van der Waals surface area contributed by atoms with Crippen molar-refractivity contribution in [3.05, 3.63) is 0 Å². The van der Waals surface area contributed by atoms with E-state index in [-0.39, 0.29) is 12.8 Å². The maximum atomic E-state index is 9.63. The molecule has 0 aromatic heterocycles. The number of piperazine rings is 1. The highest BCUT2D eigenvalue weighted by Gasteiger charge is 2.37. The Hall–Kier alpha value is -0.240. The number of hydrogen-bond acceptors (Lipinski definition) is 6. The minimum absolute atomic E-state index is 0.226. The Morgan fingerprint density at radius 3 is 1.19 bits per heavy atom. The predicted octanol–water partition coefficient (Wildman–Crippen LogP) is -1.30. The topological polar surface area (TPSA) is 87.4 Å². The molecule has 0 amide bonds. The van der Waals surface area contributed by atoms with Crippen molar-refractivity contribution < 1.29 is 20.4 Å². The molecular formula is C10H22N2O4. The maximum absolute atomic E-state index is 9.63. The molecule has 1 saturated heterocycles. The number of hydrogen-bond donors (Lipinski definition) is 4. The molecule has 0 unspecified atom stereocenters. The first-order chi connectivity index (χ1) is 7.33. The second-order valence-corrected chi connectivity index (χ2v) is 4.23. The van der Waals surface area contributed by atoms with Crippen molar-refractivity contribution >= 4 is 0 Å². The van der Waals surface area contributed by atoms with Crippen LogP contribution in [0.3, 0.4) is 0 Å². The van der Waals surface area contributed by atoms with Crippen LogP contribution in [0.2, 0.25) is 0 Å². The van der Waals surface area contributed by atoms with Crippen LogP contribution < -0.4 is 0 Å². The minimum Gasteiger partial charge on any atom is -0.353 e. The molecule has 0 bridgehead atoms. The molecule has 0 atom stereocenters. The van der Waals surface area contributed by atoms with Crippen molar-refractivity contribution in [1.29, 1.82) is 0 Å². The molecule has 4 N–H and O–H groups in total. The van der Waals surface area contributed by atoms with Gasteiger partial charge in [0.05, 0.1) is 0 Å². The van der Waals surface area contributed by atoms with Crippen LogP contribution in [0.1, 0.15) is 26.7 Å². The van der Waals surface area contributed by atoms with Crippen molar-refractivity contribution in [3.63, 3.8) is 0 Å². The van der Waals surface area contributed by atoms with Gasteiger partial charge in [0.2, 0.25) is 11.8 Å². The standard InChI is InChI=1S/C10H22N2O4/c1-3-9(13,14)11-5-7-12(8-6-11)10(15,16)4-2/h13-16H,3-8H2,1-2H3. The van der Waals surface area contributed by atoms with E-state index in [1.54, 1.807) is 13.8 Å². The van der Waals surface area contributed by atoms with E-state index in [1.807, 2.05) is 0 Å². The Kier molecular flexibility index (Phi) is 4.28. The molecule has 0 aliphatic carbocycles. The first kappa shape index (κ1) is 13.8. The summed E-state index contributed by atoms with van der Waals surface area (Å²) in [7, 11) is 0. The lowest BCUT2D eigenvalue weighted by Gasteiger charge is -2.44. The molecule has 0 radical (unpaired) electrons. The van der Waals surface area contributed by atoms with Gasteiger partial charge < -0.3 is 20.4 Å². The van der Waals surface area contributed by atoms with Gasteiger partial charge in [0.15, 0.2) is 0 Å². The zero-order valence-electron chi connectivity index (χ0n) is 9.93. The fourth-order valence-electron chi connectivity index (χ4n) is 1.87. The van der Waals surface area contributed by atoms with Gasteiger partial charge in [-0.3, -0.25) is 9.80 Å². The van der Waals surface area contributed by atoms with Crippen molar-refractivity contribution in [3.8, 4) is 0 Å². The summed E-state index contributed by atoms with van der Waals surface area (Å²) in [5.41, 5.74) is 0. The van der Waals surface area contributed by atoms with Crippen LogP contribution in [0.4, 0.5) is 0 Å². The third kappa shape index (κ3) is 2.91. The Morgan fingerprint density at radius 1 is 0.750 bits per heavy atom. The van der Waals surface area contributed by atoms with Crippen LogP contribution in [0.5, 0.6) is 0 Å². The normalized spacial score (nSPS) is 21.4.